The number of allylic oxidation sites excluding steroid dienone is 1. The summed E-state index contributed by atoms with van der Waals surface area (Å²) in [5.74, 6) is -0.0785. The van der Waals surface area contributed by atoms with E-state index in [9.17, 15) is 4.79 Å². The lowest BCUT2D eigenvalue weighted by molar-refractivity contribution is -0.117. The standard InChI is InChI=1S/C9H12N2OS/c1-3-4-8(12)11-7(2)9-10-5-6-13-9/h3-7H,1-2H3,(H,11,12). The van der Waals surface area contributed by atoms with Gasteiger partial charge in [0.15, 0.2) is 0 Å². The molecule has 1 heterocycles. The number of carbonyl (C=O) groups is 1. The number of thiazole rings is 1. The second-order valence-corrected chi connectivity index (χ2v) is 3.53. The lowest BCUT2D eigenvalue weighted by Gasteiger charge is -2.08. The zero-order valence-electron chi connectivity index (χ0n) is 7.65. The maximum Gasteiger partial charge on any atom is 0.244 e. The highest BCUT2D eigenvalue weighted by atomic mass is 32.1. The van der Waals surface area contributed by atoms with Crippen molar-refractivity contribution in [3.05, 3.63) is 28.7 Å². The molecule has 1 unspecified atom stereocenters. The summed E-state index contributed by atoms with van der Waals surface area (Å²) in [4.78, 5) is 15.2. The Morgan fingerprint density at radius 2 is 2.54 bits per heavy atom. The maximum atomic E-state index is 11.1. The van der Waals surface area contributed by atoms with Gasteiger partial charge in [0.1, 0.15) is 5.01 Å². The minimum absolute atomic E-state index is 0.0105. The summed E-state index contributed by atoms with van der Waals surface area (Å²) in [6, 6.07) is -0.0105. The lowest BCUT2D eigenvalue weighted by atomic mass is 10.3. The average Bonchev–Trinajstić information content (AvgIpc) is 2.55. The molecule has 0 aliphatic heterocycles. The summed E-state index contributed by atoms with van der Waals surface area (Å²) in [6.07, 6.45) is 4.95. The Hall–Kier alpha value is -1.16. The third kappa shape index (κ3) is 2.99. The quantitative estimate of drug-likeness (QED) is 0.750. The van der Waals surface area contributed by atoms with Gasteiger partial charge in [-0.15, -0.1) is 11.3 Å². The minimum atomic E-state index is -0.0785. The van der Waals surface area contributed by atoms with Crippen LogP contribution in [0.1, 0.15) is 24.9 Å². The van der Waals surface area contributed by atoms with E-state index < -0.39 is 0 Å². The van der Waals surface area contributed by atoms with E-state index in [1.54, 1.807) is 23.6 Å². The van der Waals surface area contributed by atoms with Gasteiger partial charge in [0.2, 0.25) is 5.91 Å². The zero-order chi connectivity index (χ0) is 9.68. The fraction of sp³-hybridized carbons (Fsp3) is 0.333. The van der Waals surface area contributed by atoms with Crippen molar-refractivity contribution in [2.24, 2.45) is 0 Å². The van der Waals surface area contributed by atoms with Gasteiger partial charge in [-0.2, -0.15) is 0 Å². The first-order chi connectivity index (χ1) is 6.24. The molecule has 0 aromatic carbocycles. The van der Waals surface area contributed by atoms with Gasteiger partial charge in [-0.1, -0.05) is 6.08 Å². The van der Waals surface area contributed by atoms with Crippen molar-refractivity contribution >= 4 is 17.2 Å². The molecule has 0 aliphatic rings. The van der Waals surface area contributed by atoms with Crippen LogP contribution in [-0.4, -0.2) is 10.9 Å². The Bertz CT molecular complexity index is 293. The topological polar surface area (TPSA) is 42.0 Å². The van der Waals surface area contributed by atoms with Crippen molar-refractivity contribution in [2.45, 2.75) is 19.9 Å². The average molecular weight is 196 g/mol. The van der Waals surface area contributed by atoms with Gasteiger partial charge < -0.3 is 5.32 Å². The van der Waals surface area contributed by atoms with Gasteiger partial charge in [0, 0.05) is 11.6 Å². The molecule has 4 heteroatoms. The zero-order valence-corrected chi connectivity index (χ0v) is 8.47. The molecule has 1 aromatic rings. The number of amides is 1. The molecular formula is C9H12N2OS. The Labute approximate surface area is 81.5 Å². The number of nitrogens with zero attached hydrogens (tertiary/aromatic N) is 1. The minimum Gasteiger partial charge on any atom is -0.344 e. The molecule has 0 bridgehead atoms. The Morgan fingerprint density at radius 3 is 3.08 bits per heavy atom. The van der Waals surface area contributed by atoms with Crippen molar-refractivity contribution in [2.75, 3.05) is 0 Å². The highest BCUT2D eigenvalue weighted by molar-refractivity contribution is 7.09. The van der Waals surface area contributed by atoms with Crippen LogP contribution in [0.15, 0.2) is 23.7 Å². The molecule has 0 radical (unpaired) electrons. The van der Waals surface area contributed by atoms with Crippen molar-refractivity contribution in [1.82, 2.24) is 10.3 Å². The molecule has 3 nitrogen and oxygen atoms in total. The molecule has 1 N–H and O–H groups in total. The molecule has 0 fully saturated rings. The molecule has 1 rings (SSSR count). The molecule has 13 heavy (non-hydrogen) atoms. The molecular weight excluding hydrogens is 184 g/mol. The van der Waals surface area contributed by atoms with E-state index in [4.69, 9.17) is 0 Å². The number of rotatable bonds is 3. The van der Waals surface area contributed by atoms with Gasteiger partial charge in [-0.3, -0.25) is 4.79 Å². The summed E-state index contributed by atoms with van der Waals surface area (Å²) >= 11 is 1.54. The molecule has 1 atom stereocenters. The summed E-state index contributed by atoms with van der Waals surface area (Å²) < 4.78 is 0. The fourth-order valence-electron chi connectivity index (χ4n) is 0.923. The first kappa shape index (κ1) is 9.92. The highest BCUT2D eigenvalue weighted by Gasteiger charge is 2.08. The Kier molecular flexibility index (Phi) is 3.64. The van der Waals surface area contributed by atoms with Crippen LogP contribution in [-0.2, 0) is 4.79 Å². The normalized spacial score (nSPS) is 13.1. The highest BCUT2D eigenvalue weighted by Crippen LogP contribution is 2.14. The molecule has 0 spiro atoms. The number of hydrogen-bond donors (Lipinski definition) is 1. The van der Waals surface area contributed by atoms with Gasteiger partial charge in [-0.05, 0) is 19.9 Å². The van der Waals surface area contributed by atoms with Crippen molar-refractivity contribution in [1.29, 1.82) is 0 Å². The largest absolute Gasteiger partial charge is 0.344 e. The van der Waals surface area contributed by atoms with Gasteiger partial charge in [0.05, 0.1) is 6.04 Å². The number of hydrogen-bond acceptors (Lipinski definition) is 3. The SMILES string of the molecule is CC=CC(=O)NC(C)c1nccs1. The number of aromatic nitrogens is 1. The van der Waals surface area contributed by atoms with E-state index in [0.29, 0.717) is 0 Å². The van der Waals surface area contributed by atoms with Gasteiger partial charge in [0.25, 0.3) is 0 Å². The van der Waals surface area contributed by atoms with Crippen LogP contribution >= 0.6 is 11.3 Å². The predicted molar refractivity (Wildman–Crippen MR) is 53.5 cm³/mol. The third-order valence-electron chi connectivity index (χ3n) is 1.50. The Morgan fingerprint density at radius 1 is 1.77 bits per heavy atom. The number of nitrogens with one attached hydrogen (secondary N) is 1. The first-order valence-electron chi connectivity index (χ1n) is 4.06. The van der Waals surface area contributed by atoms with Crippen molar-refractivity contribution < 1.29 is 4.79 Å². The van der Waals surface area contributed by atoms with E-state index >= 15 is 0 Å². The van der Waals surface area contributed by atoms with E-state index in [2.05, 4.69) is 10.3 Å². The van der Waals surface area contributed by atoms with Gasteiger partial charge >= 0.3 is 0 Å². The monoisotopic (exact) mass is 196 g/mol. The lowest BCUT2D eigenvalue weighted by Crippen LogP contribution is -2.24. The maximum absolute atomic E-state index is 11.1. The first-order valence-corrected chi connectivity index (χ1v) is 4.94. The van der Waals surface area contributed by atoms with Crippen LogP contribution in [0.5, 0.6) is 0 Å². The molecule has 1 aromatic heterocycles. The summed E-state index contributed by atoms with van der Waals surface area (Å²) in [5, 5.41) is 5.63. The summed E-state index contributed by atoms with van der Waals surface area (Å²) in [7, 11) is 0. The van der Waals surface area contributed by atoms with Crippen LogP contribution < -0.4 is 5.32 Å². The second kappa shape index (κ2) is 4.77. The van der Waals surface area contributed by atoms with E-state index in [0.717, 1.165) is 5.01 Å². The van der Waals surface area contributed by atoms with E-state index in [-0.39, 0.29) is 11.9 Å². The fourth-order valence-corrected chi connectivity index (χ4v) is 1.57. The van der Waals surface area contributed by atoms with Crippen LogP contribution in [0.4, 0.5) is 0 Å². The number of carbonyl (C=O) groups excluding carboxylic acids is 1. The summed E-state index contributed by atoms with van der Waals surface area (Å²) in [6.45, 7) is 3.73. The predicted octanol–water partition coefficient (Wildman–Crippen LogP) is 1.90. The van der Waals surface area contributed by atoms with E-state index in [1.165, 1.54) is 6.08 Å². The van der Waals surface area contributed by atoms with Crippen LogP contribution in [0.25, 0.3) is 0 Å². The van der Waals surface area contributed by atoms with Gasteiger partial charge in [-0.25, -0.2) is 4.98 Å². The molecule has 70 valence electrons. The molecule has 1 amide bonds. The second-order valence-electron chi connectivity index (χ2n) is 2.60. The Balaban J connectivity index is 2.51. The van der Waals surface area contributed by atoms with Crippen LogP contribution in [0.3, 0.4) is 0 Å². The van der Waals surface area contributed by atoms with Crippen LogP contribution in [0, 0.1) is 0 Å². The third-order valence-corrected chi connectivity index (χ3v) is 2.46. The molecule has 0 aliphatic carbocycles. The summed E-state index contributed by atoms with van der Waals surface area (Å²) in [5.41, 5.74) is 0. The van der Waals surface area contributed by atoms with Crippen molar-refractivity contribution in [3.63, 3.8) is 0 Å². The molecule has 0 saturated heterocycles. The van der Waals surface area contributed by atoms with Crippen LogP contribution in [0.2, 0.25) is 0 Å². The van der Waals surface area contributed by atoms with Crippen molar-refractivity contribution in [3.8, 4) is 0 Å². The molecule has 0 saturated carbocycles. The van der Waals surface area contributed by atoms with E-state index in [1.807, 2.05) is 19.2 Å². The smallest absolute Gasteiger partial charge is 0.244 e.